The van der Waals surface area contributed by atoms with Crippen LogP contribution < -0.4 is 0 Å². The van der Waals surface area contributed by atoms with E-state index in [4.69, 9.17) is 28.8 Å². The number of carbonyl (C=O) groups is 2. The van der Waals surface area contributed by atoms with Gasteiger partial charge >= 0.3 is 11.9 Å². The summed E-state index contributed by atoms with van der Waals surface area (Å²) in [6, 6.07) is 0. The van der Waals surface area contributed by atoms with E-state index in [1.165, 1.54) is 0 Å². The summed E-state index contributed by atoms with van der Waals surface area (Å²) >= 11 is 0. The van der Waals surface area contributed by atoms with Gasteiger partial charge < -0.3 is 28.8 Å². The lowest BCUT2D eigenvalue weighted by Gasteiger charge is -2.07. The van der Waals surface area contributed by atoms with Gasteiger partial charge in [0.15, 0.2) is 0 Å². The van der Waals surface area contributed by atoms with E-state index < -0.39 is 11.9 Å². The smallest absolute Gasteiger partial charge is 0.330 e. The lowest BCUT2D eigenvalue weighted by Crippen LogP contribution is -2.15. The molecule has 0 radical (unpaired) electrons. The highest BCUT2D eigenvalue weighted by Crippen LogP contribution is 1.84. The molecule has 0 bridgehead atoms. The van der Waals surface area contributed by atoms with E-state index in [1.54, 1.807) is 0 Å². The van der Waals surface area contributed by atoms with Crippen LogP contribution in [-0.2, 0) is 33.3 Å². The number of rotatable bonds is 15. The van der Waals surface area contributed by atoms with Crippen LogP contribution in [0, 0.1) is 0 Å². The minimum atomic E-state index is -1.00. The predicted molar refractivity (Wildman–Crippen MR) is 72.1 cm³/mol. The van der Waals surface area contributed by atoms with Crippen LogP contribution in [0.15, 0.2) is 12.7 Å². The Hall–Kier alpha value is -1.48. The Labute approximate surface area is 123 Å². The highest BCUT2D eigenvalue weighted by atomic mass is 16.6. The van der Waals surface area contributed by atoms with Gasteiger partial charge in [0.1, 0.15) is 13.2 Å². The van der Waals surface area contributed by atoms with Gasteiger partial charge in [0.05, 0.1) is 46.2 Å². The highest BCUT2D eigenvalue weighted by molar-refractivity contribution is 5.81. The Morgan fingerprint density at radius 1 is 0.810 bits per heavy atom. The molecule has 0 saturated heterocycles. The molecule has 0 atom stereocenters. The van der Waals surface area contributed by atoms with Crippen molar-refractivity contribution in [3.63, 3.8) is 0 Å². The van der Waals surface area contributed by atoms with Gasteiger partial charge in [0.2, 0.25) is 0 Å². The molecule has 0 aromatic rings. The van der Waals surface area contributed by atoms with Crippen molar-refractivity contribution < 1.29 is 38.4 Å². The van der Waals surface area contributed by atoms with Gasteiger partial charge in [0.25, 0.3) is 0 Å². The lowest BCUT2D eigenvalue weighted by molar-refractivity contribution is -0.143. The van der Waals surface area contributed by atoms with E-state index in [1.807, 2.05) is 0 Å². The molecule has 0 unspecified atom stereocenters. The molecule has 21 heavy (non-hydrogen) atoms. The van der Waals surface area contributed by atoms with Crippen molar-refractivity contribution in [2.75, 3.05) is 59.5 Å². The second-order valence-corrected chi connectivity index (χ2v) is 3.66. The first-order valence-corrected chi connectivity index (χ1v) is 6.48. The van der Waals surface area contributed by atoms with Crippen molar-refractivity contribution in [3.05, 3.63) is 12.7 Å². The van der Waals surface area contributed by atoms with Gasteiger partial charge in [-0.2, -0.15) is 0 Å². The SMILES string of the molecule is C=CC(=O)OCCOCCOCCOCCOCC(=O)O. The summed E-state index contributed by atoms with van der Waals surface area (Å²) in [6.07, 6.45) is 1.09. The molecule has 0 amide bonds. The third-order valence-corrected chi connectivity index (χ3v) is 1.98. The average Bonchev–Trinajstić information content (AvgIpc) is 2.46. The standard InChI is InChI=1S/C13H22O8/c1-2-13(16)21-10-9-19-6-5-17-3-4-18-7-8-20-11-12(14)15/h2H,1,3-11H2,(H,14,15). The zero-order valence-corrected chi connectivity index (χ0v) is 12.0. The molecule has 0 aromatic heterocycles. The monoisotopic (exact) mass is 306 g/mol. The van der Waals surface area contributed by atoms with E-state index in [9.17, 15) is 9.59 Å². The summed E-state index contributed by atoms with van der Waals surface area (Å²) in [4.78, 5) is 20.8. The molecule has 1 N–H and O–H groups in total. The van der Waals surface area contributed by atoms with Crippen LogP contribution in [-0.4, -0.2) is 76.5 Å². The molecule has 0 fully saturated rings. The maximum Gasteiger partial charge on any atom is 0.330 e. The third-order valence-electron chi connectivity index (χ3n) is 1.98. The fourth-order valence-electron chi connectivity index (χ4n) is 1.08. The zero-order valence-electron chi connectivity index (χ0n) is 12.0. The molecule has 0 saturated carbocycles. The normalized spacial score (nSPS) is 10.3. The first-order valence-electron chi connectivity index (χ1n) is 6.48. The Kier molecular flexibility index (Phi) is 13.9. The zero-order chi connectivity index (χ0) is 15.8. The third kappa shape index (κ3) is 16.5. The van der Waals surface area contributed by atoms with Crippen molar-refractivity contribution >= 4 is 11.9 Å². The highest BCUT2D eigenvalue weighted by Gasteiger charge is 1.97. The fraction of sp³-hybridized carbons (Fsp3) is 0.692. The molecule has 0 spiro atoms. The van der Waals surface area contributed by atoms with Crippen LogP contribution >= 0.6 is 0 Å². The number of esters is 1. The van der Waals surface area contributed by atoms with E-state index in [0.29, 0.717) is 39.6 Å². The Balaban J connectivity index is 3.04. The number of carboxylic acid groups (broad SMARTS) is 1. The fourth-order valence-corrected chi connectivity index (χ4v) is 1.08. The number of ether oxygens (including phenoxy) is 5. The summed E-state index contributed by atoms with van der Waals surface area (Å²) in [6.45, 7) is 5.61. The molecule has 122 valence electrons. The van der Waals surface area contributed by atoms with Gasteiger partial charge in [-0.3, -0.25) is 0 Å². The summed E-state index contributed by atoms with van der Waals surface area (Å²) < 4.78 is 25.0. The van der Waals surface area contributed by atoms with Gasteiger partial charge in [-0.25, -0.2) is 9.59 Å². The van der Waals surface area contributed by atoms with Gasteiger partial charge in [0, 0.05) is 6.08 Å². The molecule has 0 aliphatic rings. The van der Waals surface area contributed by atoms with Crippen molar-refractivity contribution in [2.24, 2.45) is 0 Å². The number of aliphatic carboxylic acids is 1. The average molecular weight is 306 g/mol. The number of hydrogen-bond donors (Lipinski definition) is 1. The van der Waals surface area contributed by atoms with Crippen LogP contribution in [0.2, 0.25) is 0 Å². The van der Waals surface area contributed by atoms with E-state index in [0.717, 1.165) is 6.08 Å². The van der Waals surface area contributed by atoms with Crippen LogP contribution in [0.5, 0.6) is 0 Å². The van der Waals surface area contributed by atoms with Crippen molar-refractivity contribution in [1.29, 1.82) is 0 Å². The van der Waals surface area contributed by atoms with Crippen molar-refractivity contribution in [2.45, 2.75) is 0 Å². The molecule has 0 heterocycles. The van der Waals surface area contributed by atoms with Crippen LogP contribution in [0.3, 0.4) is 0 Å². The number of carbonyl (C=O) groups excluding carboxylic acids is 1. The molecule has 0 aliphatic carbocycles. The maximum atomic E-state index is 10.7. The van der Waals surface area contributed by atoms with E-state index >= 15 is 0 Å². The summed E-state index contributed by atoms with van der Waals surface area (Å²) in [5, 5.41) is 8.30. The van der Waals surface area contributed by atoms with Crippen LogP contribution in [0.4, 0.5) is 0 Å². The molecule has 8 nitrogen and oxygen atoms in total. The number of hydrogen-bond acceptors (Lipinski definition) is 7. The van der Waals surface area contributed by atoms with Gasteiger partial charge in [-0.05, 0) is 0 Å². The second kappa shape index (κ2) is 14.9. The molecule has 8 heteroatoms. The van der Waals surface area contributed by atoms with E-state index in [2.05, 4.69) is 6.58 Å². The minimum absolute atomic E-state index is 0.185. The summed E-state index contributed by atoms with van der Waals surface area (Å²) in [7, 11) is 0. The molecule has 0 rings (SSSR count). The molecule has 0 aromatic carbocycles. The van der Waals surface area contributed by atoms with Crippen LogP contribution in [0.1, 0.15) is 0 Å². The minimum Gasteiger partial charge on any atom is -0.480 e. The predicted octanol–water partition coefficient (Wildman–Crippen LogP) is -0.133. The van der Waals surface area contributed by atoms with Gasteiger partial charge in [-0.15, -0.1) is 0 Å². The van der Waals surface area contributed by atoms with Crippen molar-refractivity contribution in [3.8, 4) is 0 Å². The Bertz CT molecular complexity index is 292. The summed E-state index contributed by atoms with van der Waals surface area (Å²) in [5.41, 5.74) is 0. The lowest BCUT2D eigenvalue weighted by atomic mass is 10.6. The number of carboxylic acids is 1. The maximum absolute atomic E-state index is 10.7. The molecular formula is C13H22O8. The Morgan fingerprint density at radius 3 is 1.67 bits per heavy atom. The molecule has 0 aliphatic heterocycles. The van der Waals surface area contributed by atoms with E-state index in [-0.39, 0.29) is 19.8 Å². The van der Waals surface area contributed by atoms with Crippen molar-refractivity contribution in [1.82, 2.24) is 0 Å². The quantitative estimate of drug-likeness (QED) is 0.254. The largest absolute Gasteiger partial charge is 0.480 e. The van der Waals surface area contributed by atoms with Gasteiger partial charge in [-0.1, -0.05) is 6.58 Å². The second-order valence-electron chi connectivity index (χ2n) is 3.66. The van der Waals surface area contributed by atoms with Crippen LogP contribution in [0.25, 0.3) is 0 Å². The molecular weight excluding hydrogens is 284 g/mol. The first-order chi connectivity index (χ1) is 10.2. The Morgan fingerprint density at radius 2 is 1.24 bits per heavy atom. The summed E-state index contributed by atoms with van der Waals surface area (Å²) in [5.74, 6) is -1.48. The topological polar surface area (TPSA) is 101 Å². The first kappa shape index (κ1) is 19.5.